The lowest BCUT2D eigenvalue weighted by molar-refractivity contribution is -0.167. The first kappa shape index (κ1) is 71.8. The highest BCUT2D eigenvalue weighted by Gasteiger charge is 2.19. The monoisotopic (exact) mass is 1050 g/mol. The standard InChI is InChI=1S/C70H116O6/c1-4-7-10-13-16-19-22-24-26-28-30-31-32-33-34-35-36-37-38-39-40-42-43-45-48-51-54-57-60-63-69(72)75-66-67(65-74-68(71)62-59-56-53-50-47-21-18-15-12-9-6-3)76-70(73)64-61-58-55-52-49-46-44-41-29-27-25-23-20-17-14-11-8-5-2/h7,10,15-16,18-19,24,26,30-31,33-34,36-37,39-40,43,45,51,54,67H,4-6,8-9,11-14,17,20-23,25,27-29,32,35,38,41-42,44,46-50,52-53,55-66H2,1-3H3/b10-7-,18-15-,19-16-,26-24-,31-30-,34-33-,37-36-,40-39-,45-43-,54-51-. The Labute approximate surface area is 469 Å². The summed E-state index contributed by atoms with van der Waals surface area (Å²) in [5.74, 6) is -0.967. The summed E-state index contributed by atoms with van der Waals surface area (Å²) in [6, 6.07) is 0. The number of hydrogen-bond donors (Lipinski definition) is 0. The predicted octanol–water partition coefficient (Wildman–Crippen LogP) is 21.6. The molecule has 0 aliphatic heterocycles. The van der Waals surface area contributed by atoms with Crippen LogP contribution in [0.5, 0.6) is 0 Å². The summed E-state index contributed by atoms with van der Waals surface area (Å²) in [4.78, 5) is 38.2. The SMILES string of the molecule is CC/C=C\C/C=C\C/C=C\C/C=C\C/C=C\C/C=C\C/C=C\C/C=C\C/C=C\CCCC(=O)OCC(COC(=O)CCCCCCC/C=C\CCCC)OC(=O)CCCCCCCCCCCCCCCCCCCC. The van der Waals surface area contributed by atoms with E-state index in [9.17, 15) is 14.4 Å². The Morgan fingerprint density at radius 3 is 0.908 bits per heavy atom. The van der Waals surface area contributed by atoms with Crippen molar-refractivity contribution in [1.82, 2.24) is 0 Å². The molecule has 432 valence electrons. The minimum Gasteiger partial charge on any atom is -0.462 e. The van der Waals surface area contributed by atoms with Gasteiger partial charge >= 0.3 is 17.9 Å². The number of hydrogen-bond acceptors (Lipinski definition) is 6. The molecule has 0 aliphatic rings. The number of rotatable bonds is 56. The van der Waals surface area contributed by atoms with Gasteiger partial charge in [0.05, 0.1) is 0 Å². The lowest BCUT2D eigenvalue weighted by Gasteiger charge is -2.18. The molecular weight excluding hydrogens is 937 g/mol. The Kier molecular flexibility index (Phi) is 59.9. The first-order valence-electron chi connectivity index (χ1n) is 31.5. The summed E-state index contributed by atoms with van der Waals surface area (Å²) in [5, 5.41) is 0. The second-order valence-corrected chi connectivity index (χ2v) is 20.6. The van der Waals surface area contributed by atoms with E-state index in [4.69, 9.17) is 14.2 Å². The molecule has 0 bridgehead atoms. The van der Waals surface area contributed by atoms with Gasteiger partial charge in [-0.05, 0) is 103 Å². The summed E-state index contributed by atoms with van der Waals surface area (Å²) in [6.07, 6.45) is 87.8. The Morgan fingerprint density at radius 1 is 0.276 bits per heavy atom. The third-order valence-corrected chi connectivity index (χ3v) is 13.2. The Balaban J connectivity index is 4.39. The van der Waals surface area contributed by atoms with Crippen LogP contribution in [0.2, 0.25) is 0 Å². The third kappa shape index (κ3) is 60.7. The highest BCUT2D eigenvalue weighted by Crippen LogP contribution is 2.16. The molecule has 0 aromatic carbocycles. The Bertz CT molecular complexity index is 1590. The van der Waals surface area contributed by atoms with Crippen molar-refractivity contribution >= 4 is 17.9 Å². The summed E-state index contributed by atoms with van der Waals surface area (Å²) in [5.41, 5.74) is 0. The molecule has 1 unspecified atom stereocenters. The average Bonchev–Trinajstić information content (AvgIpc) is 3.42. The van der Waals surface area contributed by atoms with E-state index in [0.29, 0.717) is 19.3 Å². The number of carbonyl (C=O) groups is 3. The molecule has 0 saturated carbocycles. The molecular formula is C70H116O6. The first-order chi connectivity index (χ1) is 37.5. The molecule has 0 amide bonds. The first-order valence-corrected chi connectivity index (χ1v) is 31.5. The number of allylic oxidation sites excluding steroid dienone is 20. The molecule has 0 rings (SSSR count). The van der Waals surface area contributed by atoms with Gasteiger partial charge in [0.2, 0.25) is 0 Å². The summed E-state index contributed by atoms with van der Waals surface area (Å²) in [6.45, 7) is 6.45. The van der Waals surface area contributed by atoms with Gasteiger partial charge in [0.1, 0.15) is 13.2 Å². The van der Waals surface area contributed by atoms with Gasteiger partial charge in [0.25, 0.3) is 0 Å². The maximum atomic E-state index is 12.9. The van der Waals surface area contributed by atoms with Crippen molar-refractivity contribution in [3.63, 3.8) is 0 Å². The van der Waals surface area contributed by atoms with Crippen molar-refractivity contribution in [3.05, 3.63) is 122 Å². The highest BCUT2D eigenvalue weighted by molar-refractivity contribution is 5.71. The minimum absolute atomic E-state index is 0.100. The van der Waals surface area contributed by atoms with Gasteiger partial charge in [0.15, 0.2) is 6.10 Å². The highest BCUT2D eigenvalue weighted by atomic mass is 16.6. The fraction of sp³-hybridized carbons (Fsp3) is 0.671. The van der Waals surface area contributed by atoms with Crippen molar-refractivity contribution in [1.29, 1.82) is 0 Å². The molecule has 0 heterocycles. The molecule has 0 aliphatic carbocycles. The van der Waals surface area contributed by atoms with Crippen LogP contribution in [0.4, 0.5) is 0 Å². The predicted molar refractivity (Wildman–Crippen MR) is 330 cm³/mol. The smallest absolute Gasteiger partial charge is 0.306 e. The molecule has 0 N–H and O–H groups in total. The van der Waals surface area contributed by atoms with Crippen LogP contribution in [0, 0.1) is 0 Å². The molecule has 0 saturated heterocycles. The number of esters is 3. The van der Waals surface area contributed by atoms with E-state index in [2.05, 4.69) is 142 Å². The zero-order valence-electron chi connectivity index (χ0n) is 49.5. The van der Waals surface area contributed by atoms with Gasteiger partial charge in [-0.2, -0.15) is 0 Å². The van der Waals surface area contributed by atoms with Crippen molar-refractivity contribution in [2.75, 3.05) is 13.2 Å². The second-order valence-electron chi connectivity index (χ2n) is 20.6. The lowest BCUT2D eigenvalue weighted by atomic mass is 10.0. The van der Waals surface area contributed by atoms with E-state index in [0.717, 1.165) is 116 Å². The van der Waals surface area contributed by atoms with Gasteiger partial charge in [-0.1, -0.05) is 284 Å². The molecule has 6 nitrogen and oxygen atoms in total. The fourth-order valence-electron chi connectivity index (χ4n) is 8.48. The largest absolute Gasteiger partial charge is 0.462 e. The quantitative estimate of drug-likeness (QED) is 0.0261. The zero-order chi connectivity index (χ0) is 55.0. The van der Waals surface area contributed by atoms with Gasteiger partial charge in [-0.3, -0.25) is 14.4 Å². The second kappa shape index (κ2) is 63.3. The summed E-state index contributed by atoms with van der Waals surface area (Å²) in [7, 11) is 0. The van der Waals surface area contributed by atoms with Crippen LogP contribution in [0.3, 0.4) is 0 Å². The molecule has 6 heteroatoms. The molecule has 0 aromatic heterocycles. The summed E-state index contributed by atoms with van der Waals surface area (Å²) >= 11 is 0. The van der Waals surface area contributed by atoms with Crippen LogP contribution >= 0.6 is 0 Å². The minimum atomic E-state index is -0.806. The van der Waals surface area contributed by atoms with E-state index in [-0.39, 0.29) is 37.5 Å². The van der Waals surface area contributed by atoms with Gasteiger partial charge < -0.3 is 14.2 Å². The topological polar surface area (TPSA) is 78.9 Å². The van der Waals surface area contributed by atoms with Gasteiger partial charge in [-0.25, -0.2) is 0 Å². The van der Waals surface area contributed by atoms with Crippen LogP contribution in [-0.2, 0) is 28.6 Å². The molecule has 0 fully saturated rings. The number of unbranched alkanes of at least 4 members (excludes halogenated alkanes) is 25. The Hall–Kier alpha value is -4.19. The normalized spacial score (nSPS) is 12.9. The van der Waals surface area contributed by atoms with E-state index < -0.39 is 6.10 Å². The molecule has 0 radical (unpaired) electrons. The molecule has 76 heavy (non-hydrogen) atoms. The fourth-order valence-corrected chi connectivity index (χ4v) is 8.48. The van der Waals surface area contributed by atoms with Gasteiger partial charge in [-0.15, -0.1) is 0 Å². The van der Waals surface area contributed by atoms with Crippen LogP contribution < -0.4 is 0 Å². The molecule has 0 aromatic rings. The van der Waals surface area contributed by atoms with Crippen LogP contribution in [-0.4, -0.2) is 37.2 Å². The van der Waals surface area contributed by atoms with E-state index in [1.807, 2.05) is 0 Å². The van der Waals surface area contributed by atoms with Crippen LogP contribution in [0.25, 0.3) is 0 Å². The molecule has 1 atom stereocenters. The van der Waals surface area contributed by atoms with E-state index in [1.165, 1.54) is 122 Å². The van der Waals surface area contributed by atoms with Crippen molar-refractivity contribution in [2.45, 2.75) is 290 Å². The van der Waals surface area contributed by atoms with Crippen molar-refractivity contribution in [3.8, 4) is 0 Å². The maximum absolute atomic E-state index is 12.9. The molecule has 0 spiro atoms. The van der Waals surface area contributed by atoms with Crippen LogP contribution in [0.15, 0.2) is 122 Å². The van der Waals surface area contributed by atoms with E-state index in [1.54, 1.807) is 0 Å². The lowest BCUT2D eigenvalue weighted by Crippen LogP contribution is -2.30. The van der Waals surface area contributed by atoms with Gasteiger partial charge in [0, 0.05) is 19.3 Å². The average molecular weight is 1050 g/mol. The number of ether oxygens (including phenoxy) is 3. The zero-order valence-corrected chi connectivity index (χ0v) is 49.5. The van der Waals surface area contributed by atoms with Crippen molar-refractivity contribution in [2.24, 2.45) is 0 Å². The number of carbonyl (C=O) groups excluding carboxylic acids is 3. The van der Waals surface area contributed by atoms with Crippen molar-refractivity contribution < 1.29 is 28.6 Å². The van der Waals surface area contributed by atoms with Crippen LogP contribution in [0.1, 0.15) is 284 Å². The summed E-state index contributed by atoms with van der Waals surface area (Å²) < 4.78 is 16.8. The van der Waals surface area contributed by atoms with E-state index >= 15 is 0 Å². The Morgan fingerprint density at radius 2 is 0.539 bits per heavy atom. The third-order valence-electron chi connectivity index (χ3n) is 13.2. The maximum Gasteiger partial charge on any atom is 0.306 e.